The number of nitrogens with zero attached hydrogens (tertiary/aromatic N) is 2. The molecule has 0 radical (unpaired) electrons. The Morgan fingerprint density at radius 3 is 2.86 bits per heavy atom. The zero-order chi connectivity index (χ0) is 9.54. The summed E-state index contributed by atoms with van der Waals surface area (Å²) >= 11 is 0. The van der Waals surface area contributed by atoms with Gasteiger partial charge in [0.05, 0.1) is 11.2 Å². The van der Waals surface area contributed by atoms with Crippen molar-refractivity contribution in [2.24, 2.45) is 0 Å². The summed E-state index contributed by atoms with van der Waals surface area (Å²) in [6.07, 6.45) is 1.61. The van der Waals surface area contributed by atoms with Gasteiger partial charge in [0, 0.05) is 11.6 Å². The van der Waals surface area contributed by atoms with Gasteiger partial charge in [-0.1, -0.05) is 18.2 Å². The maximum atomic E-state index is 9.63. The van der Waals surface area contributed by atoms with Crippen molar-refractivity contribution in [1.82, 2.24) is 9.71 Å². The van der Waals surface area contributed by atoms with E-state index in [-0.39, 0.29) is 0 Å². The van der Waals surface area contributed by atoms with E-state index in [1.807, 2.05) is 30.3 Å². The van der Waals surface area contributed by atoms with Crippen LogP contribution in [0.15, 0.2) is 42.6 Å². The Kier molecular flexibility index (Phi) is 1.31. The van der Waals surface area contributed by atoms with Crippen LogP contribution in [0.1, 0.15) is 0 Å². The highest BCUT2D eigenvalue weighted by Gasteiger charge is 2.13. The molecule has 68 valence electrons. The van der Waals surface area contributed by atoms with E-state index in [2.05, 4.69) is 4.98 Å². The highest BCUT2D eigenvalue weighted by molar-refractivity contribution is 5.95. The quantitative estimate of drug-likeness (QED) is 0.545. The lowest BCUT2D eigenvalue weighted by Gasteiger charge is -2.03. The third-order valence-corrected chi connectivity index (χ3v) is 2.35. The summed E-state index contributed by atoms with van der Waals surface area (Å²) in [7, 11) is 0. The molecule has 1 N–H and O–H groups in total. The second-order valence-corrected chi connectivity index (χ2v) is 3.22. The number of pyridine rings is 1. The summed E-state index contributed by atoms with van der Waals surface area (Å²) in [6, 6.07) is 11.4. The predicted octanol–water partition coefficient (Wildman–Crippen LogP) is 2.38. The van der Waals surface area contributed by atoms with Crippen molar-refractivity contribution < 1.29 is 5.21 Å². The minimum atomic E-state index is 0.767. The van der Waals surface area contributed by atoms with Crippen LogP contribution < -0.4 is 0 Å². The van der Waals surface area contributed by atoms with Gasteiger partial charge in [-0.25, -0.2) is 4.98 Å². The van der Waals surface area contributed by atoms with Crippen molar-refractivity contribution in [3.8, 4) is 11.4 Å². The molecule has 1 aromatic rings. The van der Waals surface area contributed by atoms with Gasteiger partial charge in [0.2, 0.25) is 0 Å². The Hall–Kier alpha value is -2.03. The van der Waals surface area contributed by atoms with Crippen LogP contribution in [0, 0.1) is 0 Å². The summed E-state index contributed by atoms with van der Waals surface area (Å²) < 4.78 is 1.12. The van der Waals surface area contributed by atoms with Crippen LogP contribution in [0.25, 0.3) is 22.3 Å². The molecule has 0 saturated heterocycles. The number of hydrogen-bond acceptors (Lipinski definition) is 2. The van der Waals surface area contributed by atoms with Crippen LogP contribution in [-0.4, -0.2) is 14.9 Å². The zero-order valence-electron chi connectivity index (χ0n) is 7.38. The van der Waals surface area contributed by atoms with Crippen molar-refractivity contribution >= 4 is 10.9 Å². The molecule has 0 atom stereocenters. The third-order valence-electron chi connectivity index (χ3n) is 2.35. The van der Waals surface area contributed by atoms with Crippen molar-refractivity contribution in [3.05, 3.63) is 42.6 Å². The zero-order valence-corrected chi connectivity index (χ0v) is 7.38. The second kappa shape index (κ2) is 2.48. The van der Waals surface area contributed by atoms with Crippen molar-refractivity contribution in [1.29, 1.82) is 0 Å². The van der Waals surface area contributed by atoms with Gasteiger partial charge in [0.1, 0.15) is 5.69 Å². The first-order chi connectivity index (χ1) is 6.86. The number of fused-ring (bicyclic) bond motifs is 3. The third kappa shape index (κ3) is 0.836. The fourth-order valence-electron chi connectivity index (χ4n) is 1.74. The summed E-state index contributed by atoms with van der Waals surface area (Å²) in [4.78, 5) is 4.40. The van der Waals surface area contributed by atoms with E-state index >= 15 is 0 Å². The normalized spacial score (nSPS) is 11.1. The molecular weight excluding hydrogens is 176 g/mol. The van der Waals surface area contributed by atoms with Gasteiger partial charge in [-0.15, -0.1) is 0 Å². The standard InChI is InChI=1S/C11H8N2O/c14-13-7-3-6-10-11(13)8-4-1-2-5-9(8)12-10/h1-7,14H. The van der Waals surface area contributed by atoms with Gasteiger partial charge < -0.3 is 5.21 Å². The van der Waals surface area contributed by atoms with Gasteiger partial charge in [0.25, 0.3) is 0 Å². The summed E-state index contributed by atoms with van der Waals surface area (Å²) in [5.74, 6) is 0. The van der Waals surface area contributed by atoms with E-state index in [1.165, 1.54) is 0 Å². The maximum absolute atomic E-state index is 9.63. The van der Waals surface area contributed by atoms with Crippen LogP contribution in [0.3, 0.4) is 0 Å². The summed E-state index contributed by atoms with van der Waals surface area (Å²) in [5.41, 5.74) is 2.50. The fraction of sp³-hybridized carbons (Fsp3) is 0. The molecule has 3 rings (SSSR count). The number of rotatable bonds is 0. The molecule has 0 saturated carbocycles. The van der Waals surface area contributed by atoms with Gasteiger partial charge >= 0.3 is 0 Å². The molecule has 1 aromatic carbocycles. The van der Waals surface area contributed by atoms with Crippen molar-refractivity contribution in [2.45, 2.75) is 0 Å². The molecule has 0 aliphatic carbocycles. The van der Waals surface area contributed by atoms with Crippen molar-refractivity contribution in [2.75, 3.05) is 0 Å². The predicted molar refractivity (Wildman–Crippen MR) is 53.5 cm³/mol. The average molecular weight is 184 g/mol. The number of benzene rings is 1. The molecule has 2 heterocycles. The first-order valence-corrected chi connectivity index (χ1v) is 4.41. The van der Waals surface area contributed by atoms with Gasteiger partial charge in [-0.3, -0.25) is 0 Å². The molecule has 14 heavy (non-hydrogen) atoms. The lowest BCUT2D eigenvalue weighted by atomic mass is 10.2. The average Bonchev–Trinajstić information content (AvgIpc) is 2.57. The molecule has 3 nitrogen and oxygen atoms in total. The number of para-hydroxylation sites is 1. The Morgan fingerprint density at radius 1 is 1.07 bits per heavy atom. The van der Waals surface area contributed by atoms with E-state index in [0.717, 1.165) is 27.0 Å². The molecule has 2 aliphatic rings. The molecule has 0 amide bonds. The smallest absolute Gasteiger partial charge is 0.114 e. The van der Waals surface area contributed by atoms with Crippen LogP contribution in [0.4, 0.5) is 0 Å². The Bertz CT molecular complexity index is 571. The maximum Gasteiger partial charge on any atom is 0.114 e. The minimum Gasteiger partial charge on any atom is -0.428 e. The Morgan fingerprint density at radius 2 is 1.93 bits per heavy atom. The largest absolute Gasteiger partial charge is 0.428 e. The van der Waals surface area contributed by atoms with E-state index in [9.17, 15) is 5.21 Å². The van der Waals surface area contributed by atoms with Crippen molar-refractivity contribution in [3.63, 3.8) is 0 Å². The van der Waals surface area contributed by atoms with Crippen LogP contribution in [-0.2, 0) is 0 Å². The highest BCUT2D eigenvalue weighted by atomic mass is 16.5. The van der Waals surface area contributed by atoms with E-state index in [0.29, 0.717) is 0 Å². The van der Waals surface area contributed by atoms with Gasteiger partial charge in [-0.05, 0) is 18.2 Å². The number of aromatic nitrogens is 2. The Balaban J connectivity index is 2.57. The molecule has 3 heteroatoms. The monoisotopic (exact) mass is 184 g/mol. The molecule has 0 spiro atoms. The molecule has 0 unspecified atom stereocenters. The van der Waals surface area contributed by atoms with E-state index in [1.54, 1.807) is 12.3 Å². The highest BCUT2D eigenvalue weighted by Crippen LogP contribution is 2.29. The van der Waals surface area contributed by atoms with Crippen LogP contribution in [0.2, 0.25) is 0 Å². The van der Waals surface area contributed by atoms with E-state index < -0.39 is 0 Å². The van der Waals surface area contributed by atoms with Crippen LogP contribution in [0.5, 0.6) is 0 Å². The molecule has 2 aliphatic heterocycles. The Labute approximate surface area is 80.5 Å². The van der Waals surface area contributed by atoms with E-state index in [4.69, 9.17) is 0 Å². The lowest BCUT2D eigenvalue weighted by molar-refractivity contribution is 0.190. The van der Waals surface area contributed by atoms with Gasteiger partial charge in [-0.2, -0.15) is 4.73 Å². The second-order valence-electron chi connectivity index (χ2n) is 3.22. The fourth-order valence-corrected chi connectivity index (χ4v) is 1.74. The minimum absolute atomic E-state index is 0.767. The topological polar surface area (TPSA) is 38.0 Å². The molecule has 0 aromatic heterocycles. The SMILES string of the molecule is On1cccc2nc3ccccc3c1-2. The van der Waals surface area contributed by atoms with Crippen LogP contribution >= 0.6 is 0 Å². The number of hydrogen-bond donors (Lipinski definition) is 1. The molecule has 0 bridgehead atoms. The first kappa shape index (κ1) is 7.38. The first-order valence-electron chi connectivity index (χ1n) is 4.41. The summed E-state index contributed by atoms with van der Waals surface area (Å²) in [6.45, 7) is 0. The van der Waals surface area contributed by atoms with Gasteiger partial charge in [0.15, 0.2) is 0 Å². The molecular formula is C11H8N2O. The molecule has 0 fully saturated rings. The summed E-state index contributed by atoms with van der Waals surface area (Å²) in [5, 5.41) is 10.6. The lowest BCUT2D eigenvalue weighted by Crippen LogP contribution is -1.95.